The molecule has 0 saturated carbocycles. The fourth-order valence-corrected chi connectivity index (χ4v) is 4.52. The molecule has 0 atom stereocenters. The van der Waals surface area contributed by atoms with Crippen LogP contribution >= 0.6 is 11.8 Å². The largest absolute Gasteiger partial charge is 0.468 e. The van der Waals surface area contributed by atoms with E-state index < -0.39 is 0 Å². The topological polar surface area (TPSA) is 26.3 Å². The fourth-order valence-electron chi connectivity index (χ4n) is 3.16. The summed E-state index contributed by atoms with van der Waals surface area (Å²) in [5.41, 5.74) is 5.19. The van der Waals surface area contributed by atoms with Gasteiger partial charge in [-0.3, -0.25) is 4.79 Å². The summed E-state index contributed by atoms with van der Waals surface area (Å²) in [7, 11) is 1.44. The molecule has 0 heterocycles. The van der Waals surface area contributed by atoms with Crippen LogP contribution < -0.4 is 0 Å². The van der Waals surface area contributed by atoms with Crippen LogP contribution in [0.5, 0.6) is 0 Å². The first kappa shape index (κ1) is 14.2. The van der Waals surface area contributed by atoms with E-state index in [0.717, 1.165) is 6.42 Å². The van der Waals surface area contributed by atoms with E-state index in [1.54, 1.807) is 11.8 Å². The van der Waals surface area contributed by atoms with Gasteiger partial charge in [0.05, 0.1) is 17.6 Å². The summed E-state index contributed by atoms with van der Waals surface area (Å²) in [6.07, 6.45) is 0.947. The average Bonchev–Trinajstić information content (AvgIpc) is 2.84. The number of carbonyl (C=O) groups is 1. The Hall–Kier alpha value is -1.74. The Kier molecular flexibility index (Phi) is 3.77. The predicted octanol–water partition coefficient (Wildman–Crippen LogP) is 4.23. The van der Waals surface area contributed by atoms with Crippen molar-refractivity contribution in [2.75, 3.05) is 12.9 Å². The summed E-state index contributed by atoms with van der Waals surface area (Å²) >= 11 is 1.67. The van der Waals surface area contributed by atoms with Crippen LogP contribution in [0.4, 0.5) is 0 Å². The Morgan fingerprint density at radius 3 is 2.05 bits per heavy atom. The van der Waals surface area contributed by atoms with Gasteiger partial charge in [-0.25, -0.2) is 0 Å². The SMILES string of the molecule is CCC1(SCC(=O)OC)c2ccccc2-c2ccccc21. The van der Waals surface area contributed by atoms with Crippen LogP contribution in [0.15, 0.2) is 48.5 Å². The Morgan fingerprint density at radius 2 is 1.57 bits per heavy atom. The first-order chi connectivity index (χ1) is 10.2. The third kappa shape index (κ3) is 2.16. The molecule has 2 aromatic carbocycles. The van der Waals surface area contributed by atoms with Crippen molar-refractivity contribution in [1.82, 2.24) is 0 Å². The number of fused-ring (bicyclic) bond motifs is 3. The summed E-state index contributed by atoms with van der Waals surface area (Å²) in [4.78, 5) is 11.6. The van der Waals surface area contributed by atoms with Crippen LogP contribution in [0.2, 0.25) is 0 Å². The average molecular weight is 298 g/mol. The quantitative estimate of drug-likeness (QED) is 0.790. The molecule has 2 nitrogen and oxygen atoms in total. The number of methoxy groups -OCH3 is 1. The van der Waals surface area contributed by atoms with Crippen LogP contribution in [0.1, 0.15) is 24.5 Å². The van der Waals surface area contributed by atoms with Crippen molar-refractivity contribution in [3.63, 3.8) is 0 Å². The molecule has 0 N–H and O–H groups in total. The summed E-state index contributed by atoms with van der Waals surface area (Å²) in [5, 5.41) is 0. The second-order valence-corrected chi connectivity index (χ2v) is 6.41. The lowest BCUT2D eigenvalue weighted by Crippen LogP contribution is -2.22. The minimum absolute atomic E-state index is 0.151. The molecule has 1 aliphatic rings. The molecule has 0 radical (unpaired) electrons. The summed E-state index contributed by atoms with van der Waals surface area (Å²) < 4.78 is 4.66. The number of carbonyl (C=O) groups excluding carboxylic acids is 1. The lowest BCUT2D eigenvalue weighted by atomic mass is 9.93. The van der Waals surface area contributed by atoms with Crippen molar-refractivity contribution in [2.24, 2.45) is 0 Å². The maximum Gasteiger partial charge on any atom is 0.315 e. The van der Waals surface area contributed by atoms with Crippen LogP contribution in [0.3, 0.4) is 0 Å². The van der Waals surface area contributed by atoms with Gasteiger partial charge in [0, 0.05) is 0 Å². The van der Waals surface area contributed by atoms with Crippen molar-refractivity contribution >= 4 is 17.7 Å². The van der Waals surface area contributed by atoms with Gasteiger partial charge in [-0.2, -0.15) is 0 Å². The number of esters is 1. The van der Waals surface area contributed by atoms with Gasteiger partial charge in [0.1, 0.15) is 0 Å². The zero-order valence-electron chi connectivity index (χ0n) is 12.3. The molecule has 0 unspecified atom stereocenters. The van der Waals surface area contributed by atoms with Crippen LogP contribution in [-0.2, 0) is 14.3 Å². The molecular weight excluding hydrogens is 280 g/mol. The number of rotatable bonds is 4. The van der Waals surface area contributed by atoms with E-state index in [1.807, 2.05) is 0 Å². The molecule has 0 spiro atoms. The van der Waals surface area contributed by atoms with E-state index in [2.05, 4.69) is 55.5 Å². The monoisotopic (exact) mass is 298 g/mol. The van der Waals surface area contributed by atoms with Gasteiger partial charge >= 0.3 is 5.97 Å². The van der Waals surface area contributed by atoms with Gasteiger partial charge in [-0.05, 0) is 28.7 Å². The third-order valence-electron chi connectivity index (χ3n) is 4.18. The lowest BCUT2D eigenvalue weighted by Gasteiger charge is -2.29. The molecule has 0 fully saturated rings. The Labute approximate surface area is 129 Å². The van der Waals surface area contributed by atoms with E-state index in [9.17, 15) is 4.79 Å². The van der Waals surface area contributed by atoms with Gasteiger partial charge in [-0.1, -0.05) is 55.5 Å². The molecule has 2 aromatic rings. The molecule has 0 bridgehead atoms. The predicted molar refractivity (Wildman–Crippen MR) is 87.4 cm³/mol. The highest BCUT2D eigenvalue weighted by Gasteiger charge is 2.42. The van der Waals surface area contributed by atoms with Gasteiger partial charge < -0.3 is 4.74 Å². The van der Waals surface area contributed by atoms with E-state index in [4.69, 9.17) is 4.74 Å². The van der Waals surface area contributed by atoms with Crippen LogP contribution in [0.25, 0.3) is 11.1 Å². The van der Waals surface area contributed by atoms with E-state index in [0.29, 0.717) is 5.75 Å². The van der Waals surface area contributed by atoms with Crippen molar-refractivity contribution in [1.29, 1.82) is 0 Å². The van der Waals surface area contributed by atoms with E-state index in [1.165, 1.54) is 29.4 Å². The number of ether oxygens (including phenoxy) is 1. The molecule has 0 amide bonds. The normalized spacial score (nSPS) is 14.4. The Bertz CT molecular complexity index is 633. The number of benzene rings is 2. The van der Waals surface area contributed by atoms with Gasteiger partial charge in [0.2, 0.25) is 0 Å². The first-order valence-electron chi connectivity index (χ1n) is 7.13. The maximum atomic E-state index is 11.6. The van der Waals surface area contributed by atoms with Crippen molar-refractivity contribution < 1.29 is 9.53 Å². The minimum Gasteiger partial charge on any atom is -0.468 e. The molecule has 21 heavy (non-hydrogen) atoms. The molecule has 1 aliphatic carbocycles. The maximum absolute atomic E-state index is 11.6. The minimum atomic E-state index is -0.172. The smallest absolute Gasteiger partial charge is 0.315 e. The van der Waals surface area contributed by atoms with E-state index >= 15 is 0 Å². The molecule has 0 aliphatic heterocycles. The molecule has 3 heteroatoms. The molecule has 3 rings (SSSR count). The van der Waals surface area contributed by atoms with Gasteiger partial charge in [0.15, 0.2) is 0 Å². The standard InChI is InChI=1S/C18H18O2S/c1-3-18(21-12-17(19)20-2)15-10-6-4-8-13(15)14-9-5-7-11-16(14)18/h4-11H,3,12H2,1-2H3. The zero-order chi connectivity index (χ0) is 14.9. The lowest BCUT2D eigenvalue weighted by molar-refractivity contribution is -0.137. The van der Waals surface area contributed by atoms with Crippen LogP contribution in [-0.4, -0.2) is 18.8 Å². The number of hydrogen-bond acceptors (Lipinski definition) is 3. The highest BCUT2D eigenvalue weighted by molar-refractivity contribution is 8.01. The fraction of sp³-hybridized carbons (Fsp3) is 0.278. The second kappa shape index (κ2) is 5.57. The second-order valence-electron chi connectivity index (χ2n) is 5.14. The summed E-state index contributed by atoms with van der Waals surface area (Å²) in [6.45, 7) is 2.18. The van der Waals surface area contributed by atoms with Gasteiger partial charge in [-0.15, -0.1) is 11.8 Å². The molecule has 108 valence electrons. The van der Waals surface area contributed by atoms with Crippen molar-refractivity contribution in [3.05, 3.63) is 59.7 Å². The van der Waals surface area contributed by atoms with Crippen molar-refractivity contribution in [3.8, 4) is 11.1 Å². The number of hydrogen-bond donors (Lipinski definition) is 0. The Morgan fingerprint density at radius 1 is 1.05 bits per heavy atom. The van der Waals surface area contributed by atoms with Crippen molar-refractivity contribution in [2.45, 2.75) is 18.1 Å². The number of thioether (sulfide) groups is 1. The Balaban J connectivity index is 2.13. The summed E-state index contributed by atoms with van der Waals surface area (Å²) in [5.74, 6) is 0.196. The molecule has 0 saturated heterocycles. The molecule has 0 aromatic heterocycles. The van der Waals surface area contributed by atoms with Gasteiger partial charge in [0.25, 0.3) is 0 Å². The zero-order valence-corrected chi connectivity index (χ0v) is 13.1. The third-order valence-corrected chi connectivity index (χ3v) is 5.78. The highest BCUT2D eigenvalue weighted by atomic mass is 32.2. The first-order valence-corrected chi connectivity index (χ1v) is 8.11. The highest BCUT2D eigenvalue weighted by Crippen LogP contribution is 2.56. The van der Waals surface area contributed by atoms with E-state index in [-0.39, 0.29) is 10.7 Å². The molecular formula is C18H18O2S. The van der Waals surface area contributed by atoms with Crippen LogP contribution in [0, 0.1) is 0 Å². The summed E-state index contributed by atoms with van der Waals surface area (Å²) in [6, 6.07) is 17.0.